The molecule has 0 saturated carbocycles. The fraction of sp³-hybridized carbons (Fsp3) is 0.444. The van der Waals surface area contributed by atoms with Gasteiger partial charge in [0.2, 0.25) is 5.91 Å². The van der Waals surface area contributed by atoms with Crippen molar-refractivity contribution in [3.63, 3.8) is 0 Å². The summed E-state index contributed by atoms with van der Waals surface area (Å²) >= 11 is 6.23. The van der Waals surface area contributed by atoms with E-state index in [1.807, 2.05) is 24.3 Å². The van der Waals surface area contributed by atoms with Crippen LogP contribution in [0.15, 0.2) is 36.7 Å². The molecular weight excluding hydrogens is 370 g/mol. The average Bonchev–Trinajstić information content (AvgIpc) is 3.15. The summed E-state index contributed by atoms with van der Waals surface area (Å²) in [5.41, 5.74) is -0.0392. The van der Waals surface area contributed by atoms with Crippen LogP contribution in [-0.2, 0) is 16.9 Å². The molecule has 1 aliphatic heterocycles. The zero-order chi connectivity index (χ0) is 19.6. The van der Waals surface area contributed by atoms with Crippen molar-refractivity contribution in [1.29, 1.82) is 0 Å². The van der Waals surface area contributed by atoms with E-state index >= 15 is 0 Å². The van der Waals surface area contributed by atoms with Crippen LogP contribution in [0.2, 0.25) is 5.02 Å². The van der Waals surface area contributed by atoms with Crippen LogP contribution in [0.3, 0.4) is 0 Å². The van der Waals surface area contributed by atoms with Crippen molar-refractivity contribution in [2.24, 2.45) is 0 Å². The Morgan fingerprint density at radius 1 is 1.26 bits per heavy atom. The minimum absolute atomic E-state index is 0.0992. The first kappa shape index (κ1) is 19.3. The maximum Gasteiger partial charge on any atom is 0.307 e. The quantitative estimate of drug-likeness (QED) is 0.577. The maximum atomic E-state index is 13.0. The Hall–Kier alpha value is -2.45. The molecule has 3 rings (SSSR count). The number of benzene rings is 1. The number of nitrogens with zero attached hydrogens (tertiary/aromatic N) is 5. The lowest BCUT2D eigenvalue weighted by Gasteiger charge is -2.38. The third-order valence-electron chi connectivity index (χ3n) is 4.89. The van der Waals surface area contributed by atoms with Gasteiger partial charge in [-0.3, -0.25) is 24.5 Å². The largest absolute Gasteiger partial charge is 0.338 e. The molecule has 0 spiro atoms. The van der Waals surface area contributed by atoms with Crippen LogP contribution in [0.5, 0.6) is 0 Å². The Labute approximate surface area is 162 Å². The number of hydrogen-bond donors (Lipinski definition) is 0. The van der Waals surface area contributed by atoms with Crippen LogP contribution in [0.25, 0.3) is 0 Å². The molecule has 8 nitrogen and oxygen atoms in total. The molecular formula is C18H22ClN5O3. The van der Waals surface area contributed by atoms with Crippen molar-refractivity contribution < 1.29 is 9.72 Å². The van der Waals surface area contributed by atoms with Crippen LogP contribution in [0.4, 0.5) is 5.69 Å². The summed E-state index contributed by atoms with van der Waals surface area (Å²) in [5.74, 6) is -0.0992. The topological polar surface area (TPSA) is 84.5 Å². The maximum absolute atomic E-state index is 13.0. The number of amides is 1. The first-order valence-corrected chi connectivity index (χ1v) is 9.11. The predicted octanol–water partition coefficient (Wildman–Crippen LogP) is 2.52. The molecule has 1 aliphatic rings. The van der Waals surface area contributed by atoms with Gasteiger partial charge in [0.15, 0.2) is 0 Å². The summed E-state index contributed by atoms with van der Waals surface area (Å²) in [6.45, 7) is 6.87. The molecule has 9 heteroatoms. The Morgan fingerprint density at radius 3 is 2.52 bits per heavy atom. The SMILES string of the molecule is CC(C)(C(=O)N1CCN(Cc2ccccc2Cl)CC1)n1cc([N+](=O)[O-])cn1. The fourth-order valence-corrected chi connectivity index (χ4v) is 3.37. The lowest BCUT2D eigenvalue weighted by molar-refractivity contribution is -0.385. The molecule has 0 radical (unpaired) electrons. The number of nitro groups is 1. The molecule has 144 valence electrons. The Balaban J connectivity index is 1.62. The number of carbonyl (C=O) groups is 1. The van der Waals surface area contributed by atoms with E-state index in [2.05, 4.69) is 10.00 Å². The molecule has 0 N–H and O–H groups in total. The number of rotatable bonds is 5. The predicted molar refractivity (Wildman–Crippen MR) is 102 cm³/mol. The molecule has 0 atom stereocenters. The number of halogens is 1. The van der Waals surface area contributed by atoms with Crippen molar-refractivity contribution in [2.45, 2.75) is 25.9 Å². The summed E-state index contributed by atoms with van der Waals surface area (Å²) in [6.07, 6.45) is 2.46. The normalized spacial score (nSPS) is 15.7. The second kappa shape index (κ2) is 7.66. The second-order valence-corrected chi connectivity index (χ2v) is 7.53. The van der Waals surface area contributed by atoms with Gasteiger partial charge in [-0.05, 0) is 25.5 Å². The summed E-state index contributed by atoms with van der Waals surface area (Å²) in [6, 6.07) is 7.76. The summed E-state index contributed by atoms with van der Waals surface area (Å²) in [7, 11) is 0. The van der Waals surface area contributed by atoms with Crippen LogP contribution >= 0.6 is 11.6 Å². The summed E-state index contributed by atoms with van der Waals surface area (Å²) < 4.78 is 1.36. The van der Waals surface area contributed by atoms with Gasteiger partial charge in [0, 0.05) is 37.7 Å². The van der Waals surface area contributed by atoms with Crippen LogP contribution in [0, 0.1) is 10.1 Å². The molecule has 2 aromatic rings. The van der Waals surface area contributed by atoms with Crippen molar-refractivity contribution in [3.05, 3.63) is 57.4 Å². The minimum Gasteiger partial charge on any atom is -0.338 e. The van der Waals surface area contributed by atoms with Crippen LogP contribution in [0.1, 0.15) is 19.4 Å². The molecule has 1 aromatic heterocycles. The number of piperazine rings is 1. The van der Waals surface area contributed by atoms with Gasteiger partial charge in [-0.25, -0.2) is 0 Å². The van der Waals surface area contributed by atoms with Crippen molar-refractivity contribution in [1.82, 2.24) is 19.6 Å². The van der Waals surface area contributed by atoms with Gasteiger partial charge >= 0.3 is 5.69 Å². The Bertz CT molecular complexity index is 843. The van der Waals surface area contributed by atoms with Gasteiger partial charge in [0.25, 0.3) is 0 Å². The van der Waals surface area contributed by atoms with E-state index in [0.29, 0.717) is 13.1 Å². The molecule has 0 aliphatic carbocycles. The Morgan fingerprint density at radius 2 is 1.93 bits per heavy atom. The molecule has 1 aromatic carbocycles. The number of hydrogen-bond acceptors (Lipinski definition) is 5. The average molecular weight is 392 g/mol. The zero-order valence-corrected chi connectivity index (χ0v) is 16.1. The summed E-state index contributed by atoms with van der Waals surface area (Å²) in [5, 5.41) is 15.6. The molecule has 0 unspecified atom stereocenters. The molecule has 0 bridgehead atoms. The molecule has 1 amide bonds. The third-order valence-corrected chi connectivity index (χ3v) is 5.26. The number of carbonyl (C=O) groups excluding carboxylic acids is 1. The third kappa shape index (κ3) is 4.12. The van der Waals surface area contributed by atoms with E-state index in [4.69, 9.17) is 11.6 Å². The van der Waals surface area contributed by atoms with Crippen molar-refractivity contribution >= 4 is 23.2 Å². The highest BCUT2D eigenvalue weighted by molar-refractivity contribution is 6.31. The van der Waals surface area contributed by atoms with Crippen LogP contribution < -0.4 is 0 Å². The van der Waals surface area contributed by atoms with Crippen LogP contribution in [-0.4, -0.2) is 56.6 Å². The molecule has 2 heterocycles. The van der Waals surface area contributed by atoms with E-state index in [-0.39, 0.29) is 11.6 Å². The Kier molecular flexibility index (Phi) is 5.48. The highest BCUT2D eigenvalue weighted by Crippen LogP contribution is 2.23. The van der Waals surface area contributed by atoms with E-state index in [9.17, 15) is 14.9 Å². The standard InChI is InChI=1S/C18H22ClN5O3/c1-18(2,23-13-15(11-20-23)24(26)27)17(25)22-9-7-21(8-10-22)12-14-5-3-4-6-16(14)19/h3-6,11,13H,7-10,12H2,1-2H3. The molecule has 1 saturated heterocycles. The van der Waals surface area contributed by atoms with E-state index in [1.54, 1.807) is 18.7 Å². The lowest BCUT2D eigenvalue weighted by Crippen LogP contribution is -2.54. The van der Waals surface area contributed by atoms with Gasteiger partial charge < -0.3 is 4.90 Å². The van der Waals surface area contributed by atoms with Crippen molar-refractivity contribution in [2.75, 3.05) is 26.2 Å². The lowest BCUT2D eigenvalue weighted by atomic mass is 10.0. The van der Waals surface area contributed by atoms with Gasteiger partial charge in [-0.15, -0.1) is 0 Å². The first-order chi connectivity index (χ1) is 12.8. The minimum atomic E-state index is -0.987. The highest BCUT2D eigenvalue weighted by atomic mass is 35.5. The van der Waals surface area contributed by atoms with E-state index in [1.165, 1.54) is 10.9 Å². The molecule has 1 fully saturated rings. The number of aromatic nitrogens is 2. The van der Waals surface area contributed by atoms with Crippen molar-refractivity contribution in [3.8, 4) is 0 Å². The van der Waals surface area contributed by atoms with E-state index < -0.39 is 10.5 Å². The van der Waals surface area contributed by atoms with E-state index in [0.717, 1.165) is 36.4 Å². The van der Waals surface area contributed by atoms with Gasteiger partial charge in [0.1, 0.15) is 17.9 Å². The zero-order valence-electron chi connectivity index (χ0n) is 15.3. The fourth-order valence-electron chi connectivity index (χ4n) is 3.17. The second-order valence-electron chi connectivity index (χ2n) is 7.12. The first-order valence-electron chi connectivity index (χ1n) is 8.73. The molecule has 27 heavy (non-hydrogen) atoms. The van der Waals surface area contributed by atoms with Gasteiger partial charge in [-0.1, -0.05) is 29.8 Å². The highest BCUT2D eigenvalue weighted by Gasteiger charge is 2.36. The monoisotopic (exact) mass is 391 g/mol. The van der Waals surface area contributed by atoms with Gasteiger partial charge in [0.05, 0.1) is 4.92 Å². The smallest absolute Gasteiger partial charge is 0.307 e. The van der Waals surface area contributed by atoms with Gasteiger partial charge in [-0.2, -0.15) is 5.10 Å². The summed E-state index contributed by atoms with van der Waals surface area (Å²) in [4.78, 5) is 27.4.